The van der Waals surface area contributed by atoms with Crippen molar-refractivity contribution in [1.29, 1.82) is 0 Å². The first-order valence-electron chi connectivity index (χ1n) is 8.93. The third kappa shape index (κ3) is 4.14. The quantitative estimate of drug-likeness (QED) is 0.533. The van der Waals surface area contributed by atoms with Gasteiger partial charge in [0.15, 0.2) is 0 Å². The highest BCUT2D eigenvalue weighted by Crippen LogP contribution is 2.24. The molecule has 6 heteroatoms. The fraction of sp³-hybridized carbons (Fsp3) is 0.238. The third-order valence-electron chi connectivity index (χ3n) is 4.49. The SMILES string of the molecule is CCCCCn1c(C(=O)Nc2ccc(Cl)cc2C(=O)O)cc2ccccc21. The number of unbranched alkanes of at least 4 members (excludes halogenated alkanes) is 2. The number of hydrogen-bond acceptors (Lipinski definition) is 2. The second-order valence-electron chi connectivity index (χ2n) is 6.40. The first kappa shape index (κ1) is 19.0. The van der Waals surface area contributed by atoms with Crippen molar-refractivity contribution in [2.24, 2.45) is 0 Å². The van der Waals surface area contributed by atoms with Crippen molar-refractivity contribution < 1.29 is 14.7 Å². The topological polar surface area (TPSA) is 71.3 Å². The van der Waals surface area contributed by atoms with Gasteiger partial charge in [0, 0.05) is 22.5 Å². The van der Waals surface area contributed by atoms with Crippen LogP contribution >= 0.6 is 11.6 Å². The number of carboxylic acid groups (broad SMARTS) is 1. The van der Waals surface area contributed by atoms with Gasteiger partial charge in [0.1, 0.15) is 5.69 Å². The zero-order valence-electron chi connectivity index (χ0n) is 15.0. The molecule has 0 unspecified atom stereocenters. The van der Waals surface area contributed by atoms with Gasteiger partial charge in [0.2, 0.25) is 0 Å². The molecule has 0 bridgehead atoms. The van der Waals surface area contributed by atoms with Gasteiger partial charge in [-0.05, 0) is 36.8 Å². The van der Waals surface area contributed by atoms with E-state index >= 15 is 0 Å². The maximum absolute atomic E-state index is 12.9. The zero-order chi connectivity index (χ0) is 19.4. The molecule has 1 amide bonds. The molecule has 2 aromatic carbocycles. The van der Waals surface area contributed by atoms with Crippen molar-refractivity contribution in [2.45, 2.75) is 32.7 Å². The lowest BCUT2D eigenvalue weighted by molar-refractivity contribution is 0.0698. The molecule has 27 heavy (non-hydrogen) atoms. The molecule has 0 aliphatic heterocycles. The summed E-state index contributed by atoms with van der Waals surface area (Å²) in [5.74, 6) is -1.48. The monoisotopic (exact) mass is 384 g/mol. The lowest BCUT2D eigenvalue weighted by Gasteiger charge is -2.12. The number of nitrogens with zero attached hydrogens (tertiary/aromatic N) is 1. The molecule has 0 saturated heterocycles. The van der Waals surface area contributed by atoms with Gasteiger partial charge in [-0.25, -0.2) is 4.79 Å². The molecule has 140 valence electrons. The largest absolute Gasteiger partial charge is 0.478 e. The summed E-state index contributed by atoms with van der Waals surface area (Å²) >= 11 is 5.88. The number of nitrogens with one attached hydrogen (secondary N) is 1. The van der Waals surface area contributed by atoms with Crippen molar-refractivity contribution in [2.75, 3.05) is 5.32 Å². The molecular formula is C21H21ClN2O3. The van der Waals surface area contributed by atoms with Crippen LogP contribution in [0.15, 0.2) is 48.5 Å². The summed E-state index contributed by atoms with van der Waals surface area (Å²) in [5.41, 5.74) is 1.69. The number of rotatable bonds is 7. The van der Waals surface area contributed by atoms with E-state index in [9.17, 15) is 14.7 Å². The molecule has 0 radical (unpaired) electrons. The maximum atomic E-state index is 12.9. The van der Waals surface area contributed by atoms with Crippen LogP contribution in [0.4, 0.5) is 5.69 Å². The molecule has 0 spiro atoms. The fourth-order valence-corrected chi connectivity index (χ4v) is 3.32. The highest BCUT2D eigenvalue weighted by atomic mass is 35.5. The van der Waals surface area contributed by atoms with Gasteiger partial charge >= 0.3 is 5.97 Å². The summed E-state index contributed by atoms with van der Waals surface area (Å²) in [7, 11) is 0. The van der Waals surface area contributed by atoms with E-state index in [-0.39, 0.29) is 17.2 Å². The van der Waals surface area contributed by atoms with Crippen LogP contribution in [0.2, 0.25) is 5.02 Å². The normalized spacial score (nSPS) is 10.9. The van der Waals surface area contributed by atoms with E-state index in [4.69, 9.17) is 11.6 Å². The van der Waals surface area contributed by atoms with Gasteiger partial charge in [-0.1, -0.05) is 49.6 Å². The van der Waals surface area contributed by atoms with Gasteiger partial charge in [-0.15, -0.1) is 0 Å². The van der Waals surface area contributed by atoms with Crippen LogP contribution < -0.4 is 5.32 Å². The van der Waals surface area contributed by atoms with Gasteiger partial charge in [-0.2, -0.15) is 0 Å². The molecule has 5 nitrogen and oxygen atoms in total. The number of aryl methyl sites for hydroxylation is 1. The number of carbonyl (C=O) groups is 2. The van der Waals surface area contributed by atoms with Crippen molar-refractivity contribution in [3.8, 4) is 0 Å². The Balaban J connectivity index is 1.96. The highest BCUT2D eigenvalue weighted by molar-refractivity contribution is 6.31. The van der Waals surface area contributed by atoms with Gasteiger partial charge in [0.05, 0.1) is 11.3 Å². The van der Waals surface area contributed by atoms with Crippen molar-refractivity contribution >= 4 is 40.1 Å². The van der Waals surface area contributed by atoms with Crippen LogP contribution in [-0.2, 0) is 6.54 Å². The summed E-state index contributed by atoms with van der Waals surface area (Å²) in [6, 6.07) is 14.1. The number of carboxylic acids is 1. The number of para-hydroxylation sites is 1. The molecule has 0 aliphatic rings. The van der Waals surface area contributed by atoms with Crippen molar-refractivity contribution in [3.05, 3.63) is 64.8 Å². The number of aromatic carboxylic acids is 1. The minimum Gasteiger partial charge on any atom is -0.478 e. The lowest BCUT2D eigenvalue weighted by atomic mass is 10.1. The summed E-state index contributed by atoms with van der Waals surface area (Å²) in [6.07, 6.45) is 3.14. The number of hydrogen-bond donors (Lipinski definition) is 2. The van der Waals surface area contributed by atoms with E-state index in [1.807, 2.05) is 34.9 Å². The number of fused-ring (bicyclic) bond motifs is 1. The Morgan fingerprint density at radius 2 is 1.89 bits per heavy atom. The van der Waals surface area contributed by atoms with Crippen LogP contribution in [0, 0.1) is 0 Å². The van der Waals surface area contributed by atoms with Gasteiger partial charge in [0.25, 0.3) is 5.91 Å². The van der Waals surface area contributed by atoms with Crippen LogP contribution in [0.5, 0.6) is 0 Å². The van der Waals surface area contributed by atoms with Gasteiger partial charge in [-0.3, -0.25) is 4.79 Å². The first-order chi connectivity index (χ1) is 13.0. The molecule has 3 aromatic rings. The van der Waals surface area contributed by atoms with Crippen molar-refractivity contribution in [1.82, 2.24) is 4.57 Å². The summed E-state index contributed by atoms with van der Waals surface area (Å²) < 4.78 is 2.00. The summed E-state index contributed by atoms with van der Waals surface area (Å²) in [5, 5.41) is 13.4. The molecular weight excluding hydrogens is 364 g/mol. The lowest BCUT2D eigenvalue weighted by Crippen LogP contribution is -2.19. The molecule has 3 rings (SSSR count). The van der Waals surface area contributed by atoms with Crippen LogP contribution in [0.3, 0.4) is 0 Å². The Labute approximate surface area is 162 Å². The Hall–Kier alpha value is -2.79. The fourth-order valence-electron chi connectivity index (χ4n) is 3.15. The zero-order valence-corrected chi connectivity index (χ0v) is 15.8. The molecule has 0 saturated carbocycles. The second kappa shape index (κ2) is 8.27. The molecule has 1 aromatic heterocycles. The van der Waals surface area contributed by atoms with E-state index in [2.05, 4.69) is 12.2 Å². The van der Waals surface area contributed by atoms with Crippen LogP contribution in [-0.4, -0.2) is 21.6 Å². The Morgan fingerprint density at radius 3 is 2.63 bits per heavy atom. The average Bonchev–Trinajstić information content (AvgIpc) is 3.02. The van der Waals surface area contributed by atoms with E-state index in [0.29, 0.717) is 10.7 Å². The number of benzene rings is 2. The third-order valence-corrected chi connectivity index (χ3v) is 4.72. The number of anilines is 1. The number of aromatic nitrogens is 1. The molecule has 0 atom stereocenters. The van der Waals surface area contributed by atoms with Crippen molar-refractivity contribution in [3.63, 3.8) is 0 Å². The Morgan fingerprint density at radius 1 is 1.11 bits per heavy atom. The predicted molar refractivity (Wildman–Crippen MR) is 108 cm³/mol. The minimum atomic E-state index is -1.14. The van der Waals surface area contributed by atoms with E-state index in [1.165, 1.54) is 12.1 Å². The molecule has 0 fully saturated rings. The number of carbonyl (C=O) groups excluding carboxylic acids is 1. The van der Waals surface area contributed by atoms with Crippen LogP contribution in [0.25, 0.3) is 10.9 Å². The summed E-state index contributed by atoms with van der Waals surface area (Å²) in [4.78, 5) is 24.4. The predicted octanol–water partition coefficient (Wildman–Crippen LogP) is 5.44. The van der Waals surface area contributed by atoms with E-state index in [0.717, 1.165) is 36.7 Å². The highest BCUT2D eigenvalue weighted by Gasteiger charge is 2.18. The molecule has 0 aliphatic carbocycles. The standard InChI is InChI=1S/C21H21ClN2O3/c1-2-3-6-11-24-18-8-5-4-7-14(18)12-19(24)20(25)23-17-10-9-15(22)13-16(17)21(26)27/h4-5,7-10,12-13H,2-3,6,11H2,1H3,(H,23,25)(H,26,27). The second-order valence-corrected chi connectivity index (χ2v) is 6.83. The number of amides is 1. The Bertz CT molecular complexity index is 994. The Kier molecular flexibility index (Phi) is 5.81. The minimum absolute atomic E-state index is 0.0375. The smallest absolute Gasteiger partial charge is 0.337 e. The average molecular weight is 385 g/mol. The van der Waals surface area contributed by atoms with E-state index < -0.39 is 5.97 Å². The summed E-state index contributed by atoms with van der Waals surface area (Å²) in [6.45, 7) is 2.87. The number of halogens is 1. The molecule has 1 heterocycles. The molecule has 2 N–H and O–H groups in total. The van der Waals surface area contributed by atoms with Gasteiger partial charge < -0.3 is 15.0 Å². The first-order valence-corrected chi connectivity index (χ1v) is 9.31. The van der Waals surface area contributed by atoms with E-state index in [1.54, 1.807) is 6.07 Å². The maximum Gasteiger partial charge on any atom is 0.337 e. The van der Waals surface area contributed by atoms with Crippen LogP contribution in [0.1, 0.15) is 47.0 Å².